The lowest BCUT2D eigenvalue weighted by atomic mass is 10.1. The fourth-order valence-corrected chi connectivity index (χ4v) is 2.75. The number of rotatable bonds is 5. The summed E-state index contributed by atoms with van der Waals surface area (Å²) in [6, 6.07) is 0. The van der Waals surface area contributed by atoms with Crippen molar-refractivity contribution in [3.8, 4) is 0 Å². The first-order valence-electron chi connectivity index (χ1n) is 7.29. The molecule has 1 aliphatic rings. The van der Waals surface area contributed by atoms with Crippen LogP contribution in [0.25, 0.3) is 11.2 Å². The monoisotopic (exact) mass is 325 g/mol. The molecule has 0 radical (unpaired) electrons. The fourth-order valence-electron chi connectivity index (χ4n) is 2.75. The summed E-state index contributed by atoms with van der Waals surface area (Å²) in [4.78, 5) is 12.4. The van der Waals surface area contributed by atoms with E-state index in [1.807, 2.05) is 0 Å². The van der Waals surface area contributed by atoms with Gasteiger partial charge in [0.15, 0.2) is 23.2 Å². The molecule has 10 nitrogen and oxygen atoms in total. The van der Waals surface area contributed by atoms with Gasteiger partial charge in [-0.2, -0.15) is 0 Å². The molecule has 1 saturated heterocycles. The Balaban J connectivity index is 2.09. The second-order valence-corrected chi connectivity index (χ2v) is 5.39. The standard InChI is InChI=1S/C13H19N5O5/c14-11-8-12(16-5-15-11)18(7(17-8)2-1-3-19)13-10(22)9(21)6(4-20)23-13/h5-6,9-10,13,19-22H,1-4H2,(H2,14,15,16)/t6-,9?,10?,13-/m1/s1. The number of anilines is 1. The highest BCUT2D eigenvalue weighted by molar-refractivity contribution is 5.81. The Morgan fingerprint density at radius 3 is 2.65 bits per heavy atom. The lowest BCUT2D eigenvalue weighted by Gasteiger charge is -2.19. The number of hydrogen-bond acceptors (Lipinski definition) is 9. The summed E-state index contributed by atoms with van der Waals surface area (Å²) >= 11 is 0. The van der Waals surface area contributed by atoms with Crippen LogP contribution < -0.4 is 5.73 Å². The molecule has 0 bridgehead atoms. The number of fused-ring (bicyclic) bond motifs is 1. The van der Waals surface area contributed by atoms with Crippen LogP contribution in [0.15, 0.2) is 6.33 Å². The summed E-state index contributed by atoms with van der Waals surface area (Å²) in [5, 5.41) is 38.5. The minimum absolute atomic E-state index is 0.0274. The number of nitrogen functional groups attached to an aromatic ring is 1. The van der Waals surface area contributed by atoms with Crippen LogP contribution >= 0.6 is 0 Å². The van der Waals surface area contributed by atoms with Gasteiger partial charge < -0.3 is 30.9 Å². The highest BCUT2D eigenvalue weighted by Crippen LogP contribution is 2.33. The normalized spacial score (nSPS) is 27.8. The third-order valence-electron chi connectivity index (χ3n) is 3.91. The van der Waals surface area contributed by atoms with Crippen LogP contribution in [0.1, 0.15) is 18.5 Å². The van der Waals surface area contributed by atoms with Gasteiger partial charge in [0.1, 0.15) is 30.5 Å². The predicted molar refractivity (Wildman–Crippen MR) is 78.2 cm³/mol. The van der Waals surface area contributed by atoms with E-state index in [1.54, 1.807) is 0 Å². The van der Waals surface area contributed by atoms with E-state index in [-0.39, 0.29) is 12.4 Å². The summed E-state index contributed by atoms with van der Waals surface area (Å²) in [5.74, 6) is 0.682. The number of ether oxygens (including phenoxy) is 1. The molecule has 6 N–H and O–H groups in total. The van der Waals surface area contributed by atoms with Gasteiger partial charge in [-0.25, -0.2) is 15.0 Å². The number of aliphatic hydroxyl groups excluding tert-OH is 4. The molecule has 126 valence electrons. The Labute approximate surface area is 131 Å². The number of aromatic nitrogens is 4. The van der Waals surface area contributed by atoms with E-state index < -0.39 is 31.1 Å². The zero-order chi connectivity index (χ0) is 16.6. The molecule has 0 amide bonds. The molecule has 0 saturated carbocycles. The minimum atomic E-state index is -1.26. The van der Waals surface area contributed by atoms with Crippen molar-refractivity contribution in [1.29, 1.82) is 0 Å². The van der Waals surface area contributed by atoms with E-state index in [2.05, 4.69) is 15.0 Å². The van der Waals surface area contributed by atoms with E-state index in [0.717, 1.165) is 0 Å². The van der Waals surface area contributed by atoms with Crippen molar-refractivity contribution in [3.63, 3.8) is 0 Å². The van der Waals surface area contributed by atoms with Gasteiger partial charge in [0.25, 0.3) is 0 Å². The van der Waals surface area contributed by atoms with Crippen molar-refractivity contribution in [2.75, 3.05) is 18.9 Å². The SMILES string of the molecule is Nc1ncnc2c1nc(CCCO)n2[C@@H]1O[C@H](CO)C(O)C1O. The maximum absolute atomic E-state index is 10.3. The Morgan fingerprint density at radius 2 is 2.00 bits per heavy atom. The molecule has 1 aliphatic heterocycles. The molecule has 10 heteroatoms. The molecule has 4 atom stereocenters. The molecule has 0 spiro atoms. The number of aliphatic hydroxyl groups is 4. The number of nitrogens with zero attached hydrogens (tertiary/aromatic N) is 4. The first-order chi connectivity index (χ1) is 11.1. The third kappa shape index (κ3) is 2.64. The first-order valence-corrected chi connectivity index (χ1v) is 7.29. The Morgan fingerprint density at radius 1 is 1.22 bits per heavy atom. The van der Waals surface area contributed by atoms with Crippen molar-refractivity contribution in [1.82, 2.24) is 19.5 Å². The van der Waals surface area contributed by atoms with Crippen LogP contribution in [0.4, 0.5) is 5.82 Å². The zero-order valence-electron chi connectivity index (χ0n) is 12.3. The van der Waals surface area contributed by atoms with E-state index in [4.69, 9.17) is 15.6 Å². The molecule has 2 unspecified atom stereocenters. The molecule has 3 rings (SSSR count). The molecule has 2 aromatic heterocycles. The average molecular weight is 325 g/mol. The smallest absolute Gasteiger partial charge is 0.167 e. The van der Waals surface area contributed by atoms with E-state index in [9.17, 15) is 15.3 Å². The van der Waals surface area contributed by atoms with Gasteiger partial charge in [0.2, 0.25) is 0 Å². The molecular weight excluding hydrogens is 306 g/mol. The second kappa shape index (κ2) is 6.34. The Hall–Kier alpha value is -1.85. The molecule has 2 aromatic rings. The van der Waals surface area contributed by atoms with Crippen molar-refractivity contribution >= 4 is 17.0 Å². The summed E-state index contributed by atoms with van der Waals surface area (Å²) < 4.78 is 7.09. The summed E-state index contributed by atoms with van der Waals surface area (Å²) in [5.41, 5.74) is 6.53. The average Bonchev–Trinajstić information content (AvgIpc) is 3.05. The van der Waals surface area contributed by atoms with Gasteiger partial charge in [-0.05, 0) is 6.42 Å². The number of imidazole rings is 1. The lowest BCUT2D eigenvalue weighted by Crippen LogP contribution is -2.33. The van der Waals surface area contributed by atoms with Crippen molar-refractivity contribution < 1.29 is 25.2 Å². The number of aryl methyl sites for hydroxylation is 1. The van der Waals surface area contributed by atoms with Gasteiger partial charge >= 0.3 is 0 Å². The number of hydrogen-bond donors (Lipinski definition) is 5. The van der Waals surface area contributed by atoms with Crippen LogP contribution in [-0.4, -0.2) is 71.5 Å². The second-order valence-electron chi connectivity index (χ2n) is 5.39. The quantitative estimate of drug-likeness (QED) is 0.416. The fraction of sp³-hybridized carbons (Fsp3) is 0.615. The van der Waals surface area contributed by atoms with E-state index in [1.165, 1.54) is 10.9 Å². The maximum atomic E-state index is 10.3. The molecule has 23 heavy (non-hydrogen) atoms. The summed E-state index contributed by atoms with van der Waals surface area (Å²) in [6.07, 6.45) is -2.23. The Bertz CT molecular complexity index is 693. The predicted octanol–water partition coefficient (Wildman–Crippen LogP) is -2.06. The molecule has 3 heterocycles. The largest absolute Gasteiger partial charge is 0.396 e. The minimum Gasteiger partial charge on any atom is -0.396 e. The zero-order valence-corrected chi connectivity index (χ0v) is 12.3. The van der Waals surface area contributed by atoms with E-state index >= 15 is 0 Å². The van der Waals surface area contributed by atoms with Gasteiger partial charge in [0, 0.05) is 13.0 Å². The van der Waals surface area contributed by atoms with Crippen LogP contribution in [0.3, 0.4) is 0 Å². The van der Waals surface area contributed by atoms with Crippen LogP contribution in [0.5, 0.6) is 0 Å². The van der Waals surface area contributed by atoms with Crippen LogP contribution in [-0.2, 0) is 11.2 Å². The molecule has 1 fully saturated rings. The Kier molecular flexibility index (Phi) is 4.41. The maximum Gasteiger partial charge on any atom is 0.167 e. The van der Waals surface area contributed by atoms with Crippen LogP contribution in [0.2, 0.25) is 0 Å². The molecular formula is C13H19N5O5. The molecule has 0 aromatic carbocycles. The first kappa shape index (κ1) is 16.0. The third-order valence-corrected chi connectivity index (χ3v) is 3.91. The van der Waals surface area contributed by atoms with Gasteiger partial charge in [-0.3, -0.25) is 4.57 Å². The van der Waals surface area contributed by atoms with Gasteiger partial charge in [-0.15, -0.1) is 0 Å². The topological polar surface area (TPSA) is 160 Å². The number of nitrogens with two attached hydrogens (primary N) is 1. The summed E-state index contributed by atoms with van der Waals surface area (Å²) in [6.45, 7) is -0.454. The lowest BCUT2D eigenvalue weighted by molar-refractivity contribution is -0.0523. The highest BCUT2D eigenvalue weighted by Gasteiger charge is 2.44. The van der Waals surface area contributed by atoms with Crippen molar-refractivity contribution in [2.24, 2.45) is 0 Å². The van der Waals surface area contributed by atoms with Gasteiger partial charge in [-0.1, -0.05) is 0 Å². The van der Waals surface area contributed by atoms with E-state index in [0.29, 0.717) is 29.8 Å². The molecule has 0 aliphatic carbocycles. The van der Waals surface area contributed by atoms with Gasteiger partial charge in [0.05, 0.1) is 6.61 Å². The summed E-state index contributed by atoms with van der Waals surface area (Å²) in [7, 11) is 0. The highest BCUT2D eigenvalue weighted by atomic mass is 16.6. The van der Waals surface area contributed by atoms with Crippen molar-refractivity contribution in [3.05, 3.63) is 12.2 Å². The van der Waals surface area contributed by atoms with Crippen LogP contribution in [0, 0.1) is 0 Å². The van der Waals surface area contributed by atoms with Crippen molar-refractivity contribution in [2.45, 2.75) is 37.4 Å².